The number of rotatable bonds is 5. The molecule has 0 aliphatic heterocycles. The third-order valence-corrected chi connectivity index (χ3v) is 3.63. The quantitative estimate of drug-likeness (QED) is 0.421. The van der Waals surface area contributed by atoms with Gasteiger partial charge in [0.15, 0.2) is 0 Å². The molecule has 0 atom stereocenters. The number of carbonyl (C=O) groups excluding carboxylic acids is 1. The first-order valence-corrected chi connectivity index (χ1v) is 6.30. The highest BCUT2D eigenvalue weighted by molar-refractivity contribution is 6.66. The van der Waals surface area contributed by atoms with Crippen LogP contribution in [-0.4, -0.2) is 36.1 Å². The van der Waals surface area contributed by atoms with Gasteiger partial charge in [0.1, 0.15) is 0 Å². The van der Waals surface area contributed by atoms with Crippen molar-refractivity contribution in [1.29, 1.82) is 0 Å². The molecule has 0 aromatic carbocycles. The molecule has 5 nitrogen and oxygen atoms in total. The van der Waals surface area contributed by atoms with Gasteiger partial charge in [0.2, 0.25) is 0 Å². The summed E-state index contributed by atoms with van der Waals surface area (Å²) in [6, 6.07) is 0. The maximum Gasteiger partial charge on any atom is 0.528 e. The zero-order chi connectivity index (χ0) is 13.2. The Hall–Kier alpha value is -0.953. The second-order valence-corrected chi connectivity index (χ2v) is 5.56. The predicted molar refractivity (Wildman–Crippen MR) is 63.6 cm³/mol. The summed E-state index contributed by atoms with van der Waals surface area (Å²) in [5, 5.41) is 0. The van der Waals surface area contributed by atoms with Crippen LogP contribution in [0.3, 0.4) is 0 Å². The fraction of sp³-hybridized carbons (Fsp3) is 0.500. The van der Waals surface area contributed by atoms with Crippen LogP contribution in [0.5, 0.6) is 0 Å². The minimum absolute atomic E-state index is 0.312. The summed E-state index contributed by atoms with van der Waals surface area (Å²) in [7, 11) is 2.20. The molecule has 0 N–H and O–H groups in total. The first-order chi connectivity index (χ1) is 7.37. The normalized spacial score (nSPS) is 9.81. The van der Waals surface area contributed by atoms with Gasteiger partial charge in [-0.3, -0.25) is 4.79 Å². The molecule has 94 valence electrons. The monoisotopic (exact) mass is 248 g/mol. The maximum atomic E-state index is 9.97. The number of ether oxygens (including phenoxy) is 1. The maximum absolute atomic E-state index is 9.97. The molecule has 0 aromatic rings. The molecule has 0 saturated heterocycles. The fourth-order valence-electron chi connectivity index (χ4n) is 0.745. The van der Waals surface area contributed by atoms with E-state index in [1.54, 1.807) is 34.0 Å². The van der Waals surface area contributed by atoms with E-state index in [9.17, 15) is 4.79 Å². The van der Waals surface area contributed by atoms with Crippen molar-refractivity contribution < 1.29 is 22.8 Å². The Morgan fingerprint density at radius 2 is 1.50 bits per heavy atom. The molecule has 0 spiro atoms. The topological polar surface area (TPSA) is 54.0 Å². The van der Waals surface area contributed by atoms with E-state index in [4.69, 9.17) is 13.3 Å². The molecule has 0 fully saturated rings. The van der Waals surface area contributed by atoms with E-state index in [0.29, 0.717) is 5.76 Å². The third-order valence-electron chi connectivity index (χ3n) is 1.42. The molecule has 16 heavy (non-hydrogen) atoms. The molecule has 0 unspecified atom stereocenters. The highest BCUT2D eigenvalue weighted by Crippen LogP contribution is 2.04. The van der Waals surface area contributed by atoms with Crippen molar-refractivity contribution in [3.05, 3.63) is 24.6 Å². The second kappa shape index (κ2) is 9.29. The fourth-order valence-corrected chi connectivity index (χ4v) is 1.75. The van der Waals surface area contributed by atoms with E-state index in [-0.39, 0.29) is 5.97 Å². The Morgan fingerprint density at radius 3 is 1.50 bits per heavy atom. The smallest absolute Gasteiger partial charge is 0.432 e. The summed E-state index contributed by atoms with van der Waals surface area (Å²) in [6.45, 7) is 9.85. The van der Waals surface area contributed by atoms with Gasteiger partial charge >= 0.3 is 14.8 Å². The Kier molecular flexibility index (Phi) is 10.1. The van der Waals surface area contributed by atoms with E-state index in [0.717, 1.165) is 0 Å². The highest BCUT2D eigenvalue weighted by atomic mass is 28.4. The minimum atomic E-state index is -2.43. The van der Waals surface area contributed by atoms with Crippen LogP contribution in [0.4, 0.5) is 0 Å². The largest absolute Gasteiger partial charge is 0.528 e. The molecule has 6 heteroatoms. The van der Waals surface area contributed by atoms with Crippen LogP contribution in [0.25, 0.3) is 0 Å². The zero-order valence-corrected chi connectivity index (χ0v) is 11.5. The van der Waals surface area contributed by atoms with Crippen LogP contribution >= 0.6 is 0 Å². The molecular formula is C10H20O5Si. The van der Waals surface area contributed by atoms with E-state index in [1.165, 1.54) is 6.92 Å². The zero-order valence-electron chi connectivity index (χ0n) is 10.5. The number of allylic oxidation sites excluding steroid dienone is 1. The van der Waals surface area contributed by atoms with Gasteiger partial charge in [-0.15, -0.1) is 0 Å². The van der Waals surface area contributed by atoms with Gasteiger partial charge in [0, 0.05) is 28.3 Å². The lowest BCUT2D eigenvalue weighted by Gasteiger charge is -2.19. The Labute approximate surface area is 98.0 Å². The van der Waals surface area contributed by atoms with Gasteiger partial charge in [-0.05, 0) is 12.6 Å². The van der Waals surface area contributed by atoms with Crippen LogP contribution in [0.1, 0.15) is 13.8 Å². The standard InChI is InChI=1S/C5H12O3Si.C5H8O2/c1-5-9(6-2,7-3)8-4;1-4(2)7-5(3)6/h5H,1H2,2-4H3;1H2,2-3H3. The SMILES string of the molecule is C=C(C)OC(C)=O.C=C[Si](OC)(OC)OC. The van der Waals surface area contributed by atoms with E-state index < -0.39 is 8.80 Å². The summed E-state index contributed by atoms with van der Waals surface area (Å²) < 4.78 is 19.3. The lowest BCUT2D eigenvalue weighted by molar-refractivity contribution is -0.136. The van der Waals surface area contributed by atoms with Crippen molar-refractivity contribution >= 4 is 14.8 Å². The van der Waals surface area contributed by atoms with Crippen LogP contribution in [0.2, 0.25) is 0 Å². The van der Waals surface area contributed by atoms with Gasteiger partial charge in [0.25, 0.3) is 0 Å². The average molecular weight is 248 g/mol. The lowest BCUT2D eigenvalue weighted by Crippen LogP contribution is -2.40. The molecular weight excluding hydrogens is 228 g/mol. The van der Waals surface area contributed by atoms with Gasteiger partial charge in [-0.25, -0.2) is 0 Å². The van der Waals surface area contributed by atoms with Crippen molar-refractivity contribution in [3.63, 3.8) is 0 Å². The third kappa shape index (κ3) is 8.36. The lowest BCUT2D eigenvalue weighted by atomic mass is 10.6. The molecule has 0 aliphatic rings. The molecule has 0 aliphatic carbocycles. The van der Waals surface area contributed by atoms with E-state index in [2.05, 4.69) is 17.9 Å². The number of hydrogen-bond acceptors (Lipinski definition) is 5. The Morgan fingerprint density at radius 1 is 1.12 bits per heavy atom. The number of esters is 1. The molecule has 0 amide bonds. The van der Waals surface area contributed by atoms with E-state index in [1.807, 2.05) is 0 Å². The highest BCUT2D eigenvalue weighted by Gasteiger charge is 2.33. The van der Waals surface area contributed by atoms with Crippen LogP contribution < -0.4 is 0 Å². The molecule has 0 heterocycles. The second-order valence-electron chi connectivity index (χ2n) is 2.72. The summed E-state index contributed by atoms with van der Waals surface area (Å²) in [6.07, 6.45) is 0. The molecule has 0 radical (unpaired) electrons. The summed E-state index contributed by atoms with van der Waals surface area (Å²) in [4.78, 5) is 9.97. The predicted octanol–water partition coefficient (Wildman–Crippen LogP) is 1.67. The van der Waals surface area contributed by atoms with Gasteiger partial charge < -0.3 is 18.0 Å². The first-order valence-electron chi connectivity index (χ1n) is 4.50. The number of hydrogen-bond donors (Lipinski definition) is 0. The summed E-state index contributed by atoms with van der Waals surface area (Å²) in [5.41, 5.74) is 1.58. The molecule has 0 aromatic heterocycles. The van der Waals surface area contributed by atoms with Crippen molar-refractivity contribution in [1.82, 2.24) is 0 Å². The first kappa shape index (κ1) is 17.4. The minimum Gasteiger partial charge on any atom is -0.432 e. The van der Waals surface area contributed by atoms with Crippen molar-refractivity contribution in [2.45, 2.75) is 13.8 Å². The van der Waals surface area contributed by atoms with Crippen LogP contribution in [0, 0.1) is 0 Å². The summed E-state index contributed by atoms with van der Waals surface area (Å²) in [5.74, 6) is 0.125. The van der Waals surface area contributed by atoms with E-state index >= 15 is 0 Å². The van der Waals surface area contributed by atoms with Crippen molar-refractivity contribution in [2.24, 2.45) is 0 Å². The van der Waals surface area contributed by atoms with Gasteiger partial charge in [-0.2, -0.15) is 0 Å². The Balaban J connectivity index is 0. The molecule has 0 saturated carbocycles. The molecule has 0 rings (SSSR count). The molecule has 0 bridgehead atoms. The van der Waals surface area contributed by atoms with Crippen molar-refractivity contribution in [3.8, 4) is 0 Å². The summed E-state index contributed by atoms with van der Waals surface area (Å²) >= 11 is 0. The Bertz CT molecular complexity index is 215. The van der Waals surface area contributed by atoms with Crippen molar-refractivity contribution in [2.75, 3.05) is 21.3 Å². The van der Waals surface area contributed by atoms with Gasteiger partial charge in [-0.1, -0.05) is 13.2 Å². The number of carbonyl (C=O) groups is 1. The van der Waals surface area contributed by atoms with Crippen LogP contribution in [0.15, 0.2) is 24.6 Å². The van der Waals surface area contributed by atoms with Crippen LogP contribution in [-0.2, 0) is 22.8 Å². The van der Waals surface area contributed by atoms with Gasteiger partial charge in [0.05, 0.1) is 5.76 Å². The average Bonchev–Trinajstić information content (AvgIpc) is 2.21.